The van der Waals surface area contributed by atoms with Gasteiger partial charge in [0.05, 0.1) is 5.52 Å². The largest absolute Gasteiger partial charge is 0.398 e. The number of anilines is 1. The Morgan fingerprint density at radius 3 is 2.50 bits per heavy atom. The predicted octanol–water partition coefficient (Wildman–Crippen LogP) is 3.72. The number of nitrogens with two attached hydrogens (primary N) is 1. The predicted molar refractivity (Wildman–Crippen MR) is 77.6 cm³/mol. The summed E-state index contributed by atoms with van der Waals surface area (Å²) in [4.78, 5) is 4.67. The topological polar surface area (TPSA) is 38.9 Å². The fourth-order valence-electron chi connectivity index (χ4n) is 1.61. The summed E-state index contributed by atoms with van der Waals surface area (Å²) in [7, 11) is 0. The number of hydrogen-bond acceptors (Lipinski definition) is 2. The van der Waals surface area contributed by atoms with E-state index in [1.807, 2.05) is 12.1 Å². The Labute approximate surface area is 109 Å². The van der Waals surface area contributed by atoms with Crippen LogP contribution in [-0.2, 0) is 5.41 Å². The number of pyridine rings is 1. The maximum Gasteiger partial charge on any atom is 0.0726 e. The monoisotopic (exact) mass is 326 g/mol. The van der Waals surface area contributed by atoms with Gasteiger partial charge in [0.2, 0.25) is 0 Å². The molecule has 0 spiro atoms. The molecule has 0 radical (unpaired) electrons. The highest BCUT2D eigenvalue weighted by Crippen LogP contribution is 2.28. The molecule has 0 aliphatic heterocycles. The highest BCUT2D eigenvalue weighted by Gasteiger charge is 2.17. The molecule has 1 heterocycles. The summed E-state index contributed by atoms with van der Waals surface area (Å²) in [5.41, 5.74) is 8.94. The summed E-state index contributed by atoms with van der Waals surface area (Å²) in [6.07, 6.45) is 0. The molecule has 3 heteroatoms. The minimum atomic E-state index is 0.0330. The zero-order valence-electron chi connectivity index (χ0n) is 9.71. The molecule has 84 valence electrons. The Morgan fingerprint density at radius 2 is 1.88 bits per heavy atom. The lowest BCUT2D eigenvalue weighted by molar-refractivity contribution is 0.572. The summed E-state index contributed by atoms with van der Waals surface area (Å²) < 4.78 is 1.18. The lowest BCUT2D eigenvalue weighted by Gasteiger charge is -2.19. The Morgan fingerprint density at radius 1 is 1.19 bits per heavy atom. The van der Waals surface area contributed by atoms with Crippen molar-refractivity contribution < 1.29 is 0 Å². The van der Waals surface area contributed by atoms with Crippen LogP contribution in [0, 0.1) is 3.57 Å². The molecular weight excluding hydrogens is 311 g/mol. The number of nitrogens with zero attached hydrogens (tertiary/aromatic N) is 1. The van der Waals surface area contributed by atoms with E-state index in [0.717, 1.165) is 22.3 Å². The molecule has 2 nitrogen and oxygen atoms in total. The van der Waals surface area contributed by atoms with Gasteiger partial charge < -0.3 is 5.73 Å². The minimum Gasteiger partial charge on any atom is -0.398 e. The van der Waals surface area contributed by atoms with Crippen molar-refractivity contribution in [1.82, 2.24) is 4.98 Å². The van der Waals surface area contributed by atoms with E-state index in [0.29, 0.717) is 0 Å². The third-order valence-corrected chi connectivity index (χ3v) is 3.24. The van der Waals surface area contributed by atoms with Crippen LogP contribution >= 0.6 is 22.6 Å². The molecule has 16 heavy (non-hydrogen) atoms. The first-order valence-corrected chi connectivity index (χ1v) is 6.32. The van der Waals surface area contributed by atoms with Crippen molar-refractivity contribution in [2.24, 2.45) is 0 Å². The zero-order valence-corrected chi connectivity index (χ0v) is 11.9. The van der Waals surface area contributed by atoms with E-state index in [2.05, 4.69) is 60.5 Å². The van der Waals surface area contributed by atoms with Gasteiger partial charge in [0.1, 0.15) is 0 Å². The van der Waals surface area contributed by atoms with Crippen LogP contribution in [0.25, 0.3) is 10.9 Å². The third-order valence-electron chi connectivity index (χ3n) is 2.57. The molecule has 1 aromatic heterocycles. The molecule has 0 saturated heterocycles. The fourth-order valence-corrected chi connectivity index (χ4v) is 2.10. The van der Waals surface area contributed by atoms with Gasteiger partial charge in [0, 0.05) is 25.8 Å². The summed E-state index contributed by atoms with van der Waals surface area (Å²) in [5.74, 6) is 0. The molecule has 0 aliphatic carbocycles. The van der Waals surface area contributed by atoms with E-state index in [4.69, 9.17) is 5.73 Å². The molecular formula is C13H15IN2. The van der Waals surface area contributed by atoms with Crippen LogP contribution < -0.4 is 5.73 Å². The summed E-state index contributed by atoms with van der Waals surface area (Å²) in [6, 6.07) is 8.15. The van der Waals surface area contributed by atoms with Crippen molar-refractivity contribution in [2.45, 2.75) is 26.2 Å². The van der Waals surface area contributed by atoms with E-state index in [1.165, 1.54) is 3.57 Å². The quantitative estimate of drug-likeness (QED) is 0.750. The van der Waals surface area contributed by atoms with E-state index in [1.54, 1.807) is 0 Å². The molecule has 0 saturated carbocycles. The van der Waals surface area contributed by atoms with E-state index in [-0.39, 0.29) is 5.41 Å². The van der Waals surface area contributed by atoms with Crippen molar-refractivity contribution in [3.63, 3.8) is 0 Å². The van der Waals surface area contributed by atoms with Crippen LogP contribution in [0.15, 0.2) is 24.3 Å². The van der Waals surface area contributed by atoms with Crippen LogP contribution in [0.5, 0.6) is 0 Å². The molecule has 0 aliphatic rings. The smallest absolute Gasteiger partial charge is 0.0726 e. The summed E-state index contributed by atoms with van der Waals surface area (Å²) in [6.45, 7) is 6.44. The average molecular weight is 326 g/mol. The second kappa shape index (κ2) is 3.87. The third kappa shape index (κ3) is 2.14. The van der Waals surface area contributed by atoms with Gasteiger partial charge in [-0.15, -0.1) is 0 Å². The van der Waals surface area contributed by atoms with Crippen LogP contribution in [0.4, 0.5) is 5.69 Å². The van der Waals surface area contributed by atoms with E-state index < -0.39 is 0 Å². The molecule has 1 aromatic carbocycles. The van der Waals surface area contributed by atoms with E-state index >= 15 is 0 Å². The first kappa shape index (κ1) is 11.6. The maximum absolute atomic E-state index is 6.08. The Hall–Kier alpha value is -0.840. The first-order valence-electron chi connectivity index (χ1n) is 5.24. The second-order valence-electron chi connectivity index (χ2n) is 5.01. The zero-order chi connectivity index (χ0) is 11.9. The normalized spacial score (nSPS) is 12.0. The maximum atomic E-state index is 6.08. The molecule has 0 fully saturated rings. The molecule has 0 atom stereocenters. The first-order chi connectivity index (χ1) is 7.38. The lowest BCUT2D eigenvalue weighted by atomic mass is 9.91. The number of rotatable bonds is 0. The second-order valence-corrected chi connectivity index (χ2v) is 6.25. The minimum absolute atomic E-state index is 0.0330. The van der Waals surface area contributed by atoms with Crippen molar-refractivity contribution in [3.8, 4) is 0 Å². The molecule has 0 unspecified atom stereocenters. The number of fused-ring (bicyclic) bond motifs is 1. The number of hydrogen-bond donors (Lipinski definition) is 1. The number of nitrogen functional groups attached to an aromatic ring is 1. The standard InChI is InChI=1S/C13H15IN2/c1-13(2,3)12-7-10(15)9-6-8(14)4-5-11(9)16-12/h4-7H,1-3H3,(H2,15,16). The highest BCUT2D eigenvalue weighted by atomic mass is 127. The van der Waals surface area contributed by atoms with Gasteiger partial charge >= 0.3 is 0 Å². The summed E-state index contributed by atoms with van der Waals surface area (Å²) in [5, 5.41) is 1.04. The number of halogens is 1. The molecule has 2 aromatic rings. The van der Waals surface area contributed by atoms with Gasteiger partial charge in [0.25, 0.3) is 0 Å². The van der Waals surface area contributed by atoms with Crippen molar-refractivity contribution in [1.29, 1.82) is 0 Å². The Balaban J connectivity index is 2.74. The molecule has 2 N–H and O–H groups in total. The van der Waals surface area contributed by atoms with Gasteiger partial charge in [-0.05, 0) is 46.9 Å². The molecule has 0 amide bonds. The van der Waals surface area contributed by atoms with Crippen LogP contribution in [0.2, 0.25) is 0 Å². The lowest BCUT2D eigenvalue weighted by Crippen LogP contribution is -2.14. The van der Waals surface area contributed by atoms with Gasteiger partial charge in [-0.3, -0.25) is 4.98 Å². The Bertz CT molecular complexity index is 541. The highest BCUT2D eigenvalue weighted by molar-refractivity contribution is 14.1. The molecule has 2 rings (SSSR count). The molecule has 0 bridgehead atoms. The van der Waals surface area contributed by atoms with Gasteiger partial charge in [-0.1, -0.05) is 20.8 Å². The fraction of sp³-hybridized carbons (Fsp3) is 0.308. The Kier molecular flexibility index (Phi) is 2.82. The van der Waals surface area contributed by atoms with Crippen LogP contribution in [-0.4, -0.2) is 4.98 Å². The van der Waals surface area contributed by atoms with Crippen LogP contribution in [0.3, 0.4) is 0 Å². The van der Waals surface area contributed by atoms with Crippen molar-refractivity contribution in [2.75, 3.05) is 5.73 Å². The van der Waals surface area contributed by atoms with Crippen molar-refractivity contribution >= 4 is 39.2 Å². The number of benzene rings is 1. The van der Waals surface area contributed by atoms with Gasteiger partial charge in [-0.2, -0.15) is 0 Å². The average Bonchev–Trinajstić information content (AvgIpc) is 2.17. The van der Waals surface area contributed by atoms with Gasteiger partial charge in [-0.25, -0.2) is 0 Å². The van der Waals surface area contributed by atoms with Gasteiger partial charge in [0.15, 0.2) is 0 Å². The SMILES string of the molecule is CC(C)(C)c1cc(N)c2cc(I)ccc2n1. The number of aromatic nitrogens is 1. The van der Waals surface area contributed by atoms with Crippen molar-refractivity contribution in [3.05, 3.63) is 33.5 Å². The summed E-state index contributed by atoms with van der Waals surface area (Å²) >= 11 is 2.29. The van der Waals surface area contributed by atoms with E-state index in [9.17, 15) is 0 Å². The van der Waals surface area contributed by atoms with Crippen LogP contribution in [0.1, 0.15) is 26.5 Å².